The summed E-state index contributed by atoms with van der Waals surface area (Å²) in [5.41, 5.74) is 1.95. The number of anilines is 2. The van der Waals surface area contributed by atoms with Crippen LogP contribution in [0.1, 0.15) is 71.4 Å². The Balaban J connectivity index is 1.56. The van der Waals surface area contributed by atoms with Gasteiger partial charge in [0.25, 0.3) is 21.8 Å². The first kappa shape index (κ1) is 23.0. The van der Waals surface area contributed by atoms with Gasteiger partial charge in [-0.25, -0.2) is 13.3 Å². The van der Waals surface area contributed by atoms with Gasteiger partial charge in [-0.05, 0) is 59.6 Å². The van der Waals surface area contributed by atoms with Crippen LogP contribution < -0.4 is 14.4 Å². The number of carbonyl (C=O) groups excluding carboxylic acids is 2. The Morgan fingerprint density at radius 1 is 0.971 bits per heavy atom. The van der Waals surface area contributed by atoms with Crippen LogP contribution in [0.2, 0.25) is 0 Å². The van der Waals surface area contributed by atoms with E-state index in [2.05, 4.69) is 4.72 Å². The number of pyridine rings is 1. The highest BCUT2D eigenvalue weighted by molar-refractivity contribution is 7.92. The van der Waals surface area contributed by atoms with Gasteiger partial charge in [-0.2, -0.15) is 4.73 Å². The lowest BCUT2D eigenvalue weighted by atomic mass is 9.87. The molecule has 1 aliphatic heterocycles. The first-order valence-electron chi connectivity index (χ1n) is 11.4. The van der Waals surface area contributed by atoms with E-state index in [4.69, 9.17) is 0 Å². The Hall–Kier alpha value is -3.72. The molecule has 1 aliphatic carbocycles. The van der Waals surface area contributed by atoms with E-state index in [-0.39, 0.29) is 38.7 Å². The van der Waals surface area contributed by atoms with Crippen LogP contribution in [-0.4, -0.2) is 20.2 Å². The van der Waals surface area contributed by atoms with Crippen molar-refractivity contribution in [1.82, 2.24) is 0 Å². The zero-order chi connectivity index (χ0) is 25.1. The summed E-state index contributed by atoms with van der Waals surface area (Å²) in [5.74, 6) is -1.08. The number of nitrogens with one attached hydrogen (secondary N) is 1. The van der Waals surface area contributed by atoms with Crippen LogP contribution in [0.25, 0.3) is 0 Å². The molecule has 1 saturated carbocycles. The summed E-state index contributed by atoms with van der Waals surface area (Å²) in [6.07, 6.45) is 4.18. The summed E-state index contributed by atoms with van der Waals surface area (Å²) in [7, 11) is -4.03. The maximum Gasteiger partial charge on any atom is 0.268 e. The van der Waals surface area contributed by atoms with Gasteiger partial charge in [-0.15, -0.1) is 0 Å². The third-order valence-electron chi connectivity index (χ3n) is 6.38. The normalized spacial score (nSPS) is 15.9. The average Bonchev–Trinajstić information content (AvgIpc) is 3.59. The molecule has 0 bridgehead atoms. The van der Waals surface area contributed by atoms with E-state index in [9.17, 15) is 23.2 Å². The Bertz CT molecular complexity index is 1470. The maximum absolute atomic E-state index is 13.5. The van der Waals surface area contributed by atoms with Crippen molar-refractivity contribution in [2.45, 2.75) is 49.8 Å². The van der Waals surface area contributed by atoms with Crippen LogP contribution in [0.15, 0.2) is 65.8 Å². The molecule has 3 aromatic rings. The number of hydrogen-bond acceptors (Lipinski definition) is 5. The molecule has 1 aromatic heterocycles. The summed E-state index contributed by atoms with van der Waals surface area (Å²) in [4.78, 5) is 27.9. The molecule has 2 aromatic carbocycles. The van der Waals surface area contributed by atoms with Crippen molar-refractivity contribution < 1.29 is 22.7 Å². The van der Waals surface area contributed by atoms with E-state index in [1.165, 1.54) is 30.5 Å². The highest BCUT2D eigenvalue weighted by Gasteiger charge is 2.44. The van der Waals surface area contributed by atoms with Gasteiger partial charge in [0.05, 0.1) is 21.7 Å². The molecule has 2 aliphatic rings. The molecule has 5 rings (SSSR count). The maximum atomic E-state index is 13.5. The average molecular weight is 492 g/mol. The summed E-state index contributed by atoms with van der Waals surface area (Å²) >= 11 is 0. The van der Waals surface area contributed by atoms with Crippen molar-refractivity contribution in [3.05, 3.63) is 88.4 Å². The highest BCUT2D eigenvalue weighted by atomic mass is 32.2. The van der Waals surface area contributed by atoms with E-state index >= 15 is 0 Å². The quantitative estimate of drug-likeness (QED) is 0.328. The largest absolute Gasteiger partial charge is 0.619 e. The number of imide groups is 1. The number of amides is 2. The Morgan fingerprint density at radius 2 is 1.63 bits per heavy atom. The molecule has 1 N–H and O–H groups in total. The van der Waals surface area contributed by atoms with E-state index in [0.717, 1.165) is 35.1 Å². The number of carbonyl (C=O) groups is 2. The van der Waals surface area contributed by atoms with Gasteiger partial charge in [0.15, 0.2) is 6.20 Å². The van der Waals surface area contributed by atoms with E-state index in [1.807, 2.05) is 20.8 Å². The number of fused-ring (bicyclic) bond motifs is 1. The van der Waals surface area contributed by atoms with Gasteiger partial charge in [0, 0.05) is 6.07 Å². The van der Waals surface area contributed by atoms with E-state index in [1.54, 1.807) is 24.3 Å². The van der Waals surface area contributed by atoms with Crippen molar-refractivity contribution in [2.75, 3.05) is 9.62 Å². The van der Waals surface area contributed by atoms with Crippen LogP contribution in [0.5, 0.6) is 0 Å². The predicted molar refractivity (Wildman–Crippen MR) is 131 cm³/mol. The fourth-order valence-corrected chi connectivity index (χ4v) is 5.43. The Morgan fingerprint density at radius 3 is 2.23 bits per heavy atom. The zero-order valence-electron chi connectivity index (χ0n) is 19.6. The lowest BCUT2D eigenvalue weighted by molar-refractivity contribution is -0.604. The first-order valence-corrected chi connectivity index (χ1v) is 12.8. The van der Waals surface area contributed by atoms with Crippen molar-refractivity contribution in [3.63, 3.8) is 0 Å². The fraction of sp³-hybridized carbons (Fsp3) is 0.269. The number of hydrogen-bond donors (Lipinski definition) is 1. The molecule has 2 amide bonds. The van der Waals surface area contributed by atoms with Crippen molar-refractivity contribution in [1.29, 1.82) is 0 Å². The SMILES string of the molecule is CC(C)(C)c1ccc(S(=O)(=O)Nc2ccc(C3CC3)c3c2C(=O)N(c2ccc[n+]([O-])c2)C3=O)cc1. The van der Waals surface area contributed by atoms with Crippen LogP contribution in [-0.2, 0) is 15.4 Å². The van der Waals surface area contributed by atoms with Gasteiger partial charge in [0.1, 0.15) is 5.69 Å². The summed E-state index contributed by atoms with van der Waals surface area (Å²) in [5, 5.41) is 11.8. The van der Waals surface area contributed by atoms with Gasteiger partial charge >= 0.3 is 0 Å². The molecule has 1 fully saturated rings. The molecule has 35 heavy (non-hydrogen) atoms. The van der Waals surface area contributed by atoms with Gasteiger partial charge in [0.2, 0.25) is 6.20 Å². The first-order chi connectivity index (χ1) is 16.5. The predicted octanol–water partition coefficient (Wildman–Crippen LogP) is 4.10. The summed E-state index contributed by atoms with van der Waals surface area (Å²) in [6.45, 7) is 6.11. The van der Waals surface area contributed by atoms with Crippen LogP contribution in [0, 0.1) is 5.21 Å². The summed E-state index contributed by atoms with van der Waals surface area (Å²) in [6, 6.07) is 12.8. The molecule has 0 radical (unpaired) electrons. The second-order valence-corrected chi connectivity index (χ2v) is 11.7. The topological polar surface area (TPSA) is 110 Å². The molecule has 0 spiro atoms. The second-order valence-electron chi connectivity index (χ2n) is 9.97. The minimum absolute atomic E-state index is 0.00980. The van der Waals surface area contributed by atoms with Crippen LogP contribution >= 0.6 is 0 Å². The standard InChI is InChI=1S/C26H25N3O5S/c1-26(2,3)17-8-10-19(11-9-17)35(33,34)27-21-13-12-20(16-6-7-16)22-23(21)25(31)29(24(22)30)18-5-4-14-28(32)15-18/h4-5,8-16,27H,6-7H2,1-3H3. The smallest absolute Gasteiger partial charge is 0.268 e. The van der Waals surface area contributed by atoms with Gasteiger partial charge < -0.3 is 5.21 Å². The lowest BCUT2D eigenvalue weighted by Crippen LogP contribution is -2.33. The molecule has 180 valence electrons. The van der Waals surface area contributed by atoms with Gasteiger partial charge in [-0.1, -0.05) is 39.0 Å². The molecule has 0 saturated heterocycles. The van der Waals surface area contributed by atoms with Crippen molar-refractivity contribution >= 4 is 33.2 Å². The molecule has 9 heteroatoms. The molecular weight excluding hydrogens is 466 g/mol. The van der Waals surface area contributed by atoms with Crippen molar-refractivity contribution in [3.8, 4) is 0 Å². The van der Waals surface area contributed by atoms with Crippen LogP contribution in [0.3, 0.4) is 0 Å². The van der Waals surface area contributed by atoms with Crippen molar-refractivity contribution in [2.24, 2.45) is 0 Å². The highest BCUT2D eigenvalue weighted by Crippen LogP contribution is 2.46. The number of sulfonamides is 1. The number of nitrogens with zero attached hydrogens (tertiary/aromatic N) is 2. The number of rotatable bonds is 5. The third kappa shape index (κ3) is 4.05. The number of benzene rings is 2. The zero-order valence-corrected chi connectivity index (χ0v) is 20.4. The Labute approximate surface area is 203 Å². The van der Waals surface area contributed by atoms with Crippen LogP contribution in [0.4, 0.5) is 11.4 Å². The molecule has 0 unspecified atom stereocenters. The molecular formula is C26H25N3O5S. The molecule has 0 atom stereocenters. The second kappa shape index (κ2) is 7.91. The molecule has 8 nitrogen and oxygen atoms in total. The molecule has 2 heterocycles. The summed E-state index contributed by atoms with van der Waals surface area (Å²) < 4.78 is 29.4. The minimum atomic E-state index is -4.03. The number of aromatic nitrogens is 1. The third-order valence-corrected chi connectivity index (χ3v) is 7.76. The lowest BCUT2D eigenvalue weighted by Gasteiger charge is -2.19. The van der Waals surface area contributed by atoms with E-state index in [0.29, 0.717) is 4.73 Å². The Kier molecular flexibility index (Phi) is 5.21. The van der Waals surface area contributed by atoms with E-state index < -0.39 is 21.8 Å². The fourth-order valence-electron chi connectivity index (χ4n) is 4.35. The minimum Gasteiger partial charge on any atom is -0.619 e. The van der Waals surface area contributed by atoms with Gasteiger partial charge in [-0.3, -0.25) is 14.3 Å². The monoisotopic (exact) mass is 491 g/mol.